The standard InChI is InChI=1S/C25H29N5O3S/c1-3-19-8-10-20(11-9-19)33-17-23(32)30-14-12-29(13-15-30)16-22(31)26-25-28-27-24(34-25)21-7-5-4-6-18(21)2/h4-11H,3,12-17H2,1-2H3,(H,26,28,31). The summed E-state index contributed by atoms with van der Waals surface area (Å²) in [4.78, 5) is 28.8. The molecule has 2 heterocycles. The molecule has 9 heteroatoms. The highest BCUT2D eigenvalue weighted by molar-refractivity contribution is 7.18. The Morgan fingerprint density at radius 2 is 1.76 bits per heavy atom. The predicted octanol–water partition coefficient (Wildman–Crippen LogP) is 3.24. The van der Waals surface area contributed by atoms with Crippen LogP contribution in [0.25, 0.3) is 10.6 Å². The van der Waals surface area contributed by atoms with Gasteiger partial charge in [0.05, 0.1) is 6.54 Å². The van der Waals surface area contributed by atoms with Gasteiger partial charge < -0.3 is 9.64 Å². The highest BCUT2D eigenvalue weighted by Crippen LogP contribution is 2.28. The molecule has 0 aliphatic carbocycles. The number of nitrogens with one attached hydrogen (secondary N) is 1. The van der Waals surface area contributed by atoms with Crippen molar-refractivity contribution in [1.82, 2.24) is 20.0 Å². The predicted molar refractivity (Wildman–Crippen MR) is 133 cm³/mol. The third-order valence-corrected chi connectivity index (χ3v) is 6.70. The van der Waals surface area contributed by atoms with E-state index >= 15 is 0 Å². The normalized spacial score (nSPS) is 14.1. The monoisotopic (exact) mass is 479 g/mol. The lowest BCUT2D eigenvalue weighted by atomic mass is 10.1. The largest absolute Gasteiger partial charge is 0.484 e. The summed E-state index contributed by atoms with van der Waals surface area (Å²) in [6.07, 6.45) is 0.969. The molecule has 1 aliphatic heterocycles. The van der Waals surface area contributed by atoms with E-state index in [0.29, 0.717) is 37.1 Å². The number of ether oxygens (including phenoxy) is 1. The van der Waals surface area contributed by atoms with Crippen LogP contribution in [0.1, 0.15) is 18.1 Å². The Bertz CT molecular complexity index is 1120. The van der Waals surface area contributed by atoms with E-state index in [-0.39, 0.29) is 25.0 Å². The summed E-state index contributed by atoms with van der Waals surface area (Å²) in [5.41, 5.74) is 3.36. The first kappa shape index (κ1) is 23.8. The molecule has 2 amide bonds. The molecule has 1 N–H and O–H groups in total. The van der Waals surface area contributed by atoms with E-state index in [4.69, 9.17) is 4.74 Å². The number of amides is 2. The fraction of sp³-hybridized carbons (Fsp3) is 0.360. The third-order valence-electron chi connectivity index (χ3n) is 5.83. The van der Waals surface area contributed by atoms with Crippen molar-refractivity contribution in [2.45, 2.75) is 20.3 Å². The van der Waals surface area contributed by atoms with Gasteiger partial charge in [-0.2, -0.15) is 0 Å². The summed E-state index contributed by atoms with van der Waals surface area (Å²) in [7, 11) is 0. The van der Waals surface area contributed by atoms with Crippen molar-refractivity contribution in [1.29, 1.82) is 0 Å². The van der Waals surface area contributed by atoms with Crippen molar-refractivity contribution >= 4 is 28.3 Å². The van der Waals surface area contributed by atoms with Crippen LogP contribution in [0.2, 0.25) is 0 Å². The first-order valence-electron chi connectivity index (χ1n) is 11.4. The molecule has 34 heavy (non-hydrogen) atoms. The number of rotatable bonds is 8. The van der Waals surface area contributed by atoms with E-state index in [1.165, 1.54) is 16.9 Å². The van der Waals surface area contributed by atoms with Crippen molar-refractivity contribution in [2.24, 2.45) is 0 Å². The van der Waals surface area contributed by atoms with Crippen LogP contribution in [0.15, 0.2) is 48.5 Å². The van der Waals surface area contributed by atoms with Crippen LogP contribution in [0.4, 0.5) is 5.13 Å². The van der Waals surface area contributed by atoms with Gasteiger partial charge in [0.15, 0.2) is 6.61 Å². The van der Waals surface area contributed by atoms with E-state index in [1.54, 1.807) is 4.90 Å². The van der Waals surface area contributed by atoms with Gasteiger partial charge in [0.25, 0.3) is 5.91 Å². The van der Waals surface area contributed by atoms with Gasteiger partial charge in [-0.25, -0.2) is 0 Å². The minimum atomic E-state index is -0.133. The number of benzene rings is 2. The van der Waals surface area contributed by atoms with E-state index in [9.17, 15) is 9.59 Å². The minimum absolute atomic E-state index is 0.0201. The fourth-order valence-corrected chi connectivity index (χ4v) is 4.62. The van der Waals surface area contributed by atoms with Crippen molar-refractivity contribution in [3.63, 3.8) is 0 Å². The van der Waals surface area contributed by atoms with Crippen LogP contribution in [-0.2, 0) is 16.0 Å². The molecule has 8 nitrogen and oxygen atoms in total. The lowest BCUT2D eigenvalue weighted by Crippen LogP contribution is -2.51. The highest BCUT2D eigenvalue weighted by Gasteiger charge is 2.23. The number of carbonyl (C=O) groups is 2. The summed E-state index contributed by atoms with van der Waals surface area (Å²) in [5.74, 6) is 0.524. The van der Waals surface area contributed by atoms with Gasteiger partial charge in [-0.3, -0.25) is 19.8 Å². The first-order valence-corrected chi connectivity index (χ1v) is 12.2. The van der Waals surface area contributed by atoms with Crippen LogP contribution >= 0.6 is 11.3 Å². The molecule has 1 aromatic heterocycles. The summed E-state index contributed by atoms with van der Waals surface area (Å²) in [6.45, 7) is 6.80. The molecule has 1 saturated heterocycles. The van der Waals surface area contributed by atoms with Gasteiger partial charge in [0, 0.05) is 31.7 Å². The molecule has 178 valence electrons. The zero-order valence-electron chi connectivity index (χ0n) is 19.5. The van der Waals surface area contributed by atoms with E-state index in [1.807, 2.05) is 60.4 Å². The Labute approximate surface area is 203 Å². The number of aromatic nitrogens is 2. The zero-order valence-corrected chi connectivity index (χ0v) is 20.3. The van der Waals surface area contributed by atoms with Gasteiger partial charge in [-0.15, -0.1) is 10.2 Å². The maximum atomic E-state index is 12.5. The molecule has 0 unspecified atom stereocenters. The first-order chi connectivity index (χ1) is 16.5. The molecule has 3 aromatic rings. The van der Waals surface area contributed by atoms with Gasteiger partial charge in [0.1, 0.15) is 10.8 Å². The number of hydrogen-bond acceptors (Lipinski definition) is 7. The summed E-state index contributed by atoms with van der Waals surface area (Å²) in [5, 5.41) is 12.4. The van der Waals surface area contributed by atoms with E-state index < -0.39 is 0 Å². The van der Waals surface area contributed by atoms with Crippen LogP contribution in [-0.4, -0.2) is 71.1 Å². The SMILES string of the molecule is CCc1ccc(OCC(=O)N2CCN(CC(=O)Nc3nnc(-c4ccccc4C)s3)CC2)cc1. The number of nitrogens with zero attached hydrogens (tertiary/aromatic N) is 4. The van der Waals surface area contributed by atoms with Gasteiger partial charge in [0.2, 0.25) is 11.0 Å². The second-order valence-corrected chi connectivity index (χ2v) is 9.20. The van der Waals surface area contributed by atoms with Crippen LogP contribution < -0.4 is 10.1 Å². The molecule has 1 fully saturated rings. The molecule has 0 spiro atoms. The maximum absolute atomic E-state index is 12.5. The van der Waals surface area contributed by atoms with Gasteiger partial charge in [-0.05, 0) is 36.6 Å². The zero-order chi connectivity index (χ0) is 23.9. The average Bonchev–Trinajstić information content (AvgIpc) is 3.31. The quantitative estimate of drug-likeness (QED) is 0.534. The number of carbonyl (C=O) groups excluding carboxylic acids is 2. The Kier molecular flexibility index (Phi) is 7.87. The Balaban J connectivity index is 1.20. The number of piperazine rings is 1. The van der Waals surface area contributed by atoms with Crippen LogP contribution in [0.3, 0.4) is 0 Å². The van der Waals surface area contributed by atoms with Gasteiger partial charge >= 0.3 is 0 Å². The molecular weight excluding hydrogens is 450 g/mol. The lowest BCUT2D eigenvalue weighted by Gasteiger charge is -2.34. The molecule has 0 saturated carbocycles. The van der Waals surface area contributed by atoms with Crippen molar-refractivity contribution < 1.29 is 14.3 Å². The molecular formula is C25H29N5O3S. The van der Waals surface area contributed by atoms with E-state index in [2.05, 4.69) is 22.4 Å². The Hall–Kier alpha value is -3.30. The lowest BCUT2D eigenvalue weighted by molar-refractivity contribution is -0.135. The summed E-state index contributed by atoms with van der Waals surface area (Å²) >= 11 is 1.36. The summed E-state index contributed by atoms with van der Waals surface area (Å²) < 4.78 is 5.64. The van der Waals surface area contributed by atoms with Crippen molar-refractivity contribution in [3.8, 4) is 16.3 Å². The third kappa shape index (κ3) is 6.18. The second-order valence-electron chi connectivity index (χ2n) is 8.22. The minimum Gasteiger partial charge on any atom is -0.484 e. The summed E-state index contributed by atoms with van der Waals surface area (Å²) in [6, 6.07) is 15.8. The number of hydrogen-bond donors (Lipinski definition) is 1. The van der Waals surface area contributed by atoms with Crippen molar-refractivity contribution in [3.05, 3.63) is 59.7 Å². The molecule has 1 aliphatic rings. The fourth-order valence-electron chi connectivity index (χ4n) is 3.77. The molecule has 4 rings (SSSR count). The van der Waals surface area contributed by atoms with Crippen molar-refractivity contribution in [2.75, 3.05) is 44.6 Å². The number of aryl methyl sites for hydroxylation is 2. The molecule has 2 aromatic carbocycles. The molecule has 0 radical (unpaired) electrons. The number of anilines is 1. The van der Waals surface area contributed by atoms with E-state index in [0.717, 1.165) is 22.6 Å². The van der Waals surface area contributed by atoms with Gasteiger partial charge in [-0.1, -0.05) is 54.7 Å². The topological polar surface area (TPSA) is 87.7 Å². The van der Waals surface area contributed by atoms with Crippen LogP contribution in [0, 0.1) is 6.92 Å². The maximum Gasteiger partial charge on any atom is 0.260 e. The second kappa shape index (κ2) is 11.2. The molecule has 0 atom stereocenters. The molecule has 0 bridgehead atoms. The Morgan fingerprint density at radius 3 is 2.47 bits per heavy atom. The smallest absolute Gasteiger partial charge is 0.260 e. The highest BCUT2D eigenvalue weighted by atomic mass is 32.1. The van der Waals surface area contributed by atoms with Crippen LogP contribution in [0.5, 0.6) is 5.75 Å². The average molecular weight is 480 g/mol. The Morgan fingerprint density at radius 1 is 1.03 bits per heavy atom.